The van der Waals surface area contributed by atoms with Gasteiger partial charge in [-0.25, -0.2) is 0 Å². The van der Waals surface area contributed by atoms with E-state index in [9.17, 15) is 0 Å². The number of methoxy groups -OCH3 is 3. The van der Waals surface area contributed by atoms with Crippen LogP contribution in [0.15, 0.2) is 72.8 Å². The third-order valence-corrected chi connectivity index (χ3v) is 7.09. The van der Waals surface area contributed by atoms with Crippen LogP contribution in [0.1, 0.15) is 13.8 Å². The number of thioether (sulfide) groups is 1. The van der Waals surface area contributed by atoms with Gasteiger partial charge in [0, 0.05) is 0 Å². The van der Waals surface area contributed by atoms with Crippen LogP contribution in [-0.2, 0) is 4.74 Å². The number of hydrogen-bond acceptors (Lipinski definition) is 8. The fraction of sp³-hybridized carbons (Fsp3) is 0.379. The number of hydrogen-bond donors (Lipinski definition) is 0. The Morgan fingerprint density at radius 1 is 0.568 bits per heavy atom. The second-order valence-electron chi connectivity index (χ2n) is 8.44. The van der Waals surface area contributed by atoms with Gasteiger partial charge in [0.15, 0.2) is 18.3 Å². The molecule has 0 aromatic heterocycles. The molecule has 3 aromatic rings. The molecule has 0 bridgehead atoms. The summed E-state index contributed by atoms with van der Waals surface area (Å²) in [6, 6.07) is 22.5. The van der Waals surface area contributed by atoms with Crippen LogP contribution in [0.5, 0.6) is 34.5 Å². The highest BCUT2D eigenvalue weighted by Crippen LogP contribution is 2.36. The van der Waals surface area contributed by atoms with Crippen molar-refractivity contribution in [2.24, 2.45) is 0 Å². The summed E-state index contributed by atoms with van der Waals surface area (Å²) in [5.74, 6) is 5.19. The van der Waals surface area contributed by atoms with Gasteiger partial charge in [0.05, 0.1) is 27.4 Å². The molecule has 0 radical (unpaired) electrons. The van der Waals surface area contributed by atoms with Gasteiger partial charge in [0.1, 0.15) is 39.9 Å². The van der Waals surface area contributed by atoms with E-state index in [4.69, 9.17) is 33.2 Å². The van der Waals surface area contributed by atoms with E-state index in [-0.39, 0.29) is 11.5 Å². The van der Waals surface area contributed by atoms with E-state index in [1.165, 1.54) is 0 Å². The lowest BCUT2D eigenvalue weighted by Crippen LogP contribution is -2.62. The van der Waals surface area contributed by atoms with E-state index in [0.717, 1.165) is 23.0 Å². The van der Waals surface area contributed by atoms with Gasteiger partial charge < -0.3 is 33.2 Å². The SMILES string of the molecule is CCS[C@H]1O[C@@H](C)[C@@H](Oc2ccc(OC)cc2)[C@@H](Oc2ccc(OC)cc2)[C@@H]1Oc1ccc(OC)cc1. The first-order valence-corrected chi connectivity index (χ1v) is 13.3. The summed E-state index contributed by atoms with van der Waals surface area (Å²) < 4.78 is 42.0. The molecule has 1 heterocycles. The molecule has 0 N–H and O–H groups in total. The zero-order valence-corrected chi connectivity index (χ0v) is 22.6. The maximum Gasteiger partial charge on any atom is 0.178 e. The van der Waals surface area contributed by atoms with Crippen molar-refractivity contribution >= 4 is 11.8 Å². The van der Waals surface area contributed by atoms with Crippen molar-refractivity contribution in [3.05, 3.63) is 72.8 Å². The van der Waals surface area contributed by atoms with E-state index >= 15 is 0 Å². The Kier molecular flexibility index (Phi) is 9.30. The highest BCUT2D eigenvalue weighted by atomic mass is 32.2. The topological polar surface area (TPSA) is 64.6 Å². The van der Waals surface area contributed by atoms with Crippen LogP contribution in [0.3, 0.4) is 0 Å². The second-order valence-corrected chi connectivity index (χ2v) is 9.81. The van der Waals surface area contributed by atoms with Crippen LogP contribution in [-0.4, -0.2) is 56.9 Å². The van der Waals surface area contributed by atoms with Crippen molar-refractivity contribution in [2.45, 2.75) is 43.7 Å². The summed E-state index contributed by atoms with van der Waals surface area (Å²) in [5.41, 5.74) is -0.263. The zero-order chi connectivity index (χ0) is 26.2. The van der Waals surface area contributed by atoms with Crippen molar-refractivity contribution in [3.63, 3.8) is 0 Å². The predicted octanol–water partition coefficient (Wildman–Crippen LogP) is 5.85. The van der Waals surface area contributed by atoms with Gasteiger partial charge in [-0.05, 0) is 85.5 Å². The molecule has 0 spiro atoms. The van der Waals surface area contributed by atoms with E-state index in [2.05, 4.69) is 6.92 Å². The Bertz CT molecular complexity index is 1090. The average molecular weight is 527 g/mol. The molecular weight excluding hydrogens is 492 g/mol. The van der Waals surface area contributed by atoms with Crippen LogP contribution in [0.2, 0.25) is 0 Å². The summed E-state index contributed by atoms with van der Waals surface area (Å²) in [7, 11) is 4.91. The van der Waals surface area contributed by atoms with Crippen LogP contribution >= 0.6 is 11.8 Å². The predicted molar refractivity (Wildman–Crippen MR) is 145 cm³/mol. The van der Waals surface area contributed by atoms with Crippen molar-refractivity contribution in [1.82, 2.24) is 0 Å². The number of rotatable bonds is 11. The summed E-state index contributed by atoms with van der Waals surface area (Å²) in [6.45, 7) is 4.10. The van der Waals surface area contributed by atoms with E-state index in [1.807, 2.05) is 79.7 Å². The monoisotopic (exact) mass is 526 g/mol. The molecule has 1 saturated heterocycles. The van der Waals surface area contributed by atoms with Gasteiger partial charge in [-0.15, -0.1) is 11.8 Å². The fourth-order valence-corrected chi connectivity index (χ4v) is 5.11. The maximum atomic E-state index is 6.61. The van der Waals surface area contributed by atoms with Gasteiger partial charge in [-0.1, -0.05) is 6.92 Å². The van der Waals surface area contributed by atoms with Crippen LogP contribution in [0.4, 0.5) is 0 Å². The minimum Gasteiger partial charge on any atom is -0.497 e. The van der Waals surface area contributed by atoms with Gasteiger partial charge in [-0.2, -0.15) is 0 Å². The van der Waals surface area contributed by atoms with Crippen molar-refractivity contribution < 1.29 is 33.2 Å². The van der Waals surface area contributed by atoms with Crippen LogP contribution < -0.4 is 28.4 Å². The van der Waals surface area contributed by atoms with Crippen molar-refractivity contribution in [3.8, 4) is 34.5 Å². The standard InChI is InChI=1S/C29H34O7S/c1-6-37-29-28(36-25-17-11-22(32-5)12-18-25)27(35-24-15-9-21(31-4)10-16-24)26(19(2)33-29)34-23-13-7-20(30-3)8-14-23/h7-19,26-29H,6H2,1-5H3/t19-,26+,27+,28-,29+/m0/s1. The summed E-state index contributed by atoms with van der Waals surface area (Å²) in [5, 5.41) is 0. The minimum absolute atomic E-state index is 0.259. The summed E-state index contributed by atoms with van der Waals surface area (Å²) >= 11 is 1.68. The zero-order valence-electron chi connectivity index (χ0n) is 21.8. The Morgan fingerprint density at radius 2 is 0.919 bits per heavy atom. The lowest BCUT2D eigenvalue weighted by atomic mass is 9.99. The molecule has 7 nitrogen and oxygen atoms in total. The van der Waals surface area contributed by atoms with Crippen LogP contribution in [0.25, 0.3) is 0 Å². The molecule has 0 aliphatic carbocycles. The van der Waals surface area contributed by atoms with Gasteiger partial charge in [0.25, 0.3) is 0 Å². The highest BCUT2D eigenvalue weighted by Gasteiger charge is 2.49. The van der Waals surface area contributed by atoms with E-state index in [0.29, 0.717) is 17.2 Å². The first kappa shape index (κ1) is 26.8. The first-order chi connectivity index (χ1) is 18.0. The third-order valence-electron chi connectivity index (χ3n) is 6.05. The molecule has 1 fully saturated rings. The van der Waals surface area contributed by atoms with Crippen molar-refractivity contribution in [1.29, 1.82) is 0 Å². The lowest BCUT2D eigenvalue weighted by Gasteiger charge is -2.45. The largest absolute Gasteiger partial charge is 0.497 e. The molecule has 1 aliphatic heterocycles. The molecule has 5 atom stereocenters. The lowest BCUT2D eigenvalue weighted by molar-refractivity contribution is -0.169. The first-order valence-electron chi connectivity index (χ1n) is 12.2. The molecular formula is C29H34O7S. The Morgan fingerprint density at radius 3 is 1.30 bits per heavy atom. The smallest absolute Gasteiger partial charge is 0.178 e. The van der Waals surface area contributed by atoms with Gasteiger partial charge in [0.2, 0.25) is 0 Å². The normalized spacial score (nSPS) is 23.1. The molecule has 0 unspecified atom stereocenters. The summed E-state index contributed by atoms with van der Waals surface area (Å²) in [6.07, 6.45) is -1.65. The van der Waals surface area contributed by atoms with E-state index in [1.54, 1.807) is 33.1 Å². The van der Waals surface area contributed by atoms with E-state index < -0.39 is 18.3 Å². The Balaban J connectivity index is 1.67. The quantitative estimate of drug-likeness (QED) is 0.308. The van der Waals surface area contributed by atoms with Gasteiger partial charge >= 0.3 is 0 Å². The molecule has 8 heteroatoms. The summed E-state index contributed by atoms with van der Waals surface area (Å²) in [4.78, 5) is 0. The number of benzene rings is 3. The molecule has 4 rings (SSSR count). The molecule has 1 aliphatic rings. The fourth-order valence-electron chi connectivity index (χ4n) is 4.13. The molecule has 3 aromatic carbocycles. The van der Waals surface area contributed by atoms with Crippen LogP contribution in [0, 0.1) is 0 Å². The Hall–Kier alpha value is -3.23. The van der Waals surface area contributed by atoms with Gasteiger partial charge in [-0.3, -0.25) is 0 Å². The third kappa shape index (κ3) is 6.76. The molecule has 37 heavy (non-hydrogen) atoms. The minimum atomic E-state index is -0.481. The van der Waals surface area contributed by atoms with Crippen molar-refractivity contribution in [2.75, 3.05) is 27.1 Å². The molecule has 0 amide bonds. The second kappa shape index (κ2) is 12.8. The maximum absolute atomic E-state index is 6.61. The number of ether oxygens (including phenoxy) is 7. The molecule has 0 saturated carbocycles. The Labute approximate surface area is 222 Å². The highest BCUT2D eigenvalue weighted by molar-refractivity contribution is 7.99. The molecule has 198 valence electrons. The average Bonchev–Trinajstić information content (AvgIpc) is 2.94.